The average molecular weight is 474 g/mol. The fourth-order valence-corrected chi connectivity index (χ4v) is 7.80. The molecule has 2 atom stereocenters. The second-order valence-corrected chi connectivity index (χ2v) is 11.3. The summed E-state index contributed by atoms with van der Waals surface area (Å²) in [7, 11) is -1.44. The van der Waals surface area contributed by atoms with Crippen molar-refractivity contribution in [3.63, 3.8) is 0 Å². The molecule has 170 valence electrons. The molecule has 2 aliphatic heterocycles. The Kier molecular flexibility index (Phi) is 6.48. The number of hydrogen-bond donors (Lipinski definition) is 0. The van der Waals surface area contributed by atoms with Gasteiger partial charge in [-0.15, -0.1) is 0 Å². The predicted molar refractivity (Wildman–Crippen MR) is 131 cm³/mol. The van der Waals surface area contributed by atoms with Crippen molar-refractivity contribution in [1.82, 2.24) is 0 Å². The Labute approximate surface area is 193 Å². The highest BCUT2D eigenvalue weighted by Crippen LogP contribution is 2.37. The van der Waals surface area contributed by atoms with Crippen LogP contribution >= 0.6 is 11.8 Å². The summed E-state index contributed by atoms with van der Waals surface area (Å²) in [6, 6.07) is 15.1. The first-order valence-electron chi connectivity index (χ1n) is 10.5. The summed E-state index contributed by atoms with van der Waals surface area (Å²) in [6.07, 6.45) is 0. The Morgan fingerprint density at radius 1 is 1.16 bits per heavy atom. The molecule has 2 aromatic carbocycles. The second kappa shape index (κ2) is 9.15. The summed E-state index contributed by atoms with van der Waals surface area (Å²) in [4.78, 5) is 21.8. The highest BCUT2D eigenvalue weighted by atomic mass is 32.2. The van der Waals surface area contributed by atoms with Crippen LogP contribution < -0.4 is 14.5 Å². The molecular formula is C23H27N3O4S2. The molecule has 1 saturated heterocycles. The molecule has 4 rings (SSSR count). The average Bonchev–Trinajstić information content (AvgIpc) is 3.26. The lowest BCUT2D eigenvalue weighted by Crippen LogP contribution is -2.42. The van der Waals surface area contributed by atoms with Gasteiger partial charge in [-0.1, -0.05) is 23.9 Å². The number of amides is 1. The lowest BCUT2D eigenvalue weighted by atomic mass is 10.2. The molecule has 0 N–H and O–H groups in total. The number of aliphatic imine (C=N–C) groups is 1. The minimum Gasteiger partial charge on any atom is -0.497 e. The number of benzene rings is 2. The van der Waals surface area contributed by atoms with E-state index >= 15 is 0 Å². The first-order valence-corrected chi connectivity index (χ1v) is 13.2. The fraction of sp³-hybridized carbons (Fsp3) is 0.391. The molecule has 2 aromatic rings. The number of rotatable bonds is 6. The van der Waals surface area contributed by atoms with Crippen LogP contribution in [0, 0.1) is 6.92 Å². The van der Waals surface area contributed by atoms with Crippen LogP contribution in [0.3, 0.4) is 0 Å². The number of nitrogens with zero attached hydrogens (tertiary/aromatic N) is 3. The second-order valence-electron chi connectivity index (χ2n) is 7.97. The zero-order valence-electron chi connectivity index (χ0n) is 18.4. The molecule has 0 aromatic heterocycles. The van der Waals surface area contributed by atoms with Crippen LogP contribution in [0.4, 0.5) is 11.4 Å². The van der Waals surface area contributed by atoms with Crippen molar-refractivity contribution in [3.05, 3.63) is 54.1 Å². The smallest absolute Gasteiger partial charge is 0.247 e. The van der Waals surface area contributed by atoms with Crippen LogP contribution in [0.15, 0.2) is 53.5 Å². The molecule has 7 nitrogen and oxygen atoms in total. The summed E-state index contributed by atoms with van der Waals surface area (Å²) in [5.74, 6) is 0.869. The number of ether oxygens (including phenoxy) is 1. The van der Waals surface area contributed by atoms with E-state index < -0.39 is 9.84 Å². The molecule has 0 radical (unpaired) electrons. The third-order valence-corrected chi connectivity index (χ3v) is 8.89. The molecule has 0 aliphatic carbocycles. The standard InChI is InChI=1S/C23H27N3O4S2/c1-4-25(18-7-5-6-16(2)12-18)22(27)13-26(17-8-10-19(30-3)11-9-17)23-24-20-14-32(28,29)15-21(20)31-23/h5-12,20-21H,4,13-15H2,1-3H3/t20-,21-/m1/s1. The van der Waals surface area contributed by atoms with Crippen LogP contribution in [0.25, 0.3) is 0 Å². The maximum atomic E-state index is 13.4. The largest absolute Gasteiger partial charge is 0.497 e. The van der Waals surface area contributed by atoms with Gasteiger partial charge in [0.05, 0.1) is 24.7 Å². The van der Waals surface area contributed by atoms with E-state index in [1.807, 2.05) is 67.3 Å². The number of sulfone groups is 1. The monoisotopic (exact) mass is 473 g/mol. The third kappa shape index (κ3) is 4.78. The number of aryl methyl sites for hydroxylation is 1. The number of carbonyl (C=O) groups is 1. The summed E-state index contributed by atoms with van der Waals surface area (Å²) in [5.41, 5.74) is 2.76. The first kappa shape index (κ1) is 22.7. The molecule has 0 spiro atoms. The number of fused-ring (bicyclic) bond motifs is 1. The topological polar surface area (TPSA) is 79.3 Å². The molecule has 1 amide bonds. The molecule has 0 bridgehead atoms. The van der Waals surface area contributed by atoms with Crippen LogP contribution in [-0.2, 0) is 14.6 Å². The molecule has 9 heteroatoms. The van der Waals surface area contributed by atoms with E-state index in [2.05, 4.69) is 0 Å². The van der Waals surface area contributed by atoms with Crippen LogP contribution in [-0.4, -0.2) is 62.5 Å². The molecular weight excluding hydrogens is 446 g/mol. The molecule has 2 heterocycles. The molecule has 2 aliphatic rings. The Hall–Kier alpha value is -2.52. The number of carbonyl (C=O) groups excluding carboxylic acids is 1. The van der Waals surface area contributed by atoms with Crippen molar-refractivity contribution in [2.24, 2.45) is 4.99 Å². The number of methoxy groups -OCH3 is 1. The quantitative estimate of drug-likeness (QED) is 0.641. The minimum atomic E-state index is -3.05. The van der Waals surface area contributed by atoms with E-state index in [1.54, 1.807) is 12.0 Å². The minimum absolute atomic E-state index is 0.0538. The van der Waals surface area contributed by atoms with Gasteiger partial charge in [-0.3, -0.25) is 9.79 Å². The zero-order valence-corrected chi connectivity index (χ0v) is 20.0. The summed E-state index contributed by atoms with van der Waals surface area (Å²) in [5, 5.41) is 0.596. The maximum Gasteiger partial charge on any atom is 0.247 e. The van der Waals surface area contributed by atoms with E-state index in [1.165, 1.54) is 11.8 Å². The highest BCUT2D eigenvalue weighted by Gasteiger charge is 2.44. The normalized spacial score (nSPS) is 21.0. The van der Waals surface area contributed by atoms with E-state index in [0.29, 0.717) is 11.7 Å². The Morgan fingerprint density at radius 3 is 2.53 bits per heavy atom. The number of anilines is 2. The van der Waals surface area contributed by atoms with Gasteiger partial charge in [-0.05, 0) is 55.8 Å². The molecule has 32 heavy (non-hydrogen) atoms. The van der Waals surface area contributed by atoms with E-state index in [4.69, 9.17) is 9.73 Å². The Morgan fingerprint density at radius 2 is 1.91 bits per heavy atom. The third-order valence-electron chi connectivity index (χ3n) is 5.64. The number of thioether (sulfide) groups is 1. The van der Waals surface area contributed by atoms with Crippen molar-refractivity contribution in [2.75, 3.05) is 41.5 Å². The van der Waals surface area contributed by atoms with E-state index in [9.17, 15) is 13.2 Å². The maximum absolute atomic E-state index is 13.4. The zero-order chi connectivity index (χ0) is 22.9. The van der Waals surface area contributed by atoms with Gasteiger partial charge in [-0.2, -0.15) is 0 Å². The summed E-state index contributed by atoms with van der Waals surface area (Å²) < 4.78 is 29.2. The van der Waals surface area contributed by atoms with Crippen molar-refractivity contribution >= 4 is 44.0 Å². The SMILES string of the molecule is CCN(C(=O)CN(C1=N[C@@H]2CS(=O)(=O)C[C@H]2S1)c1ccc(OC)cc1)c1cccc(C)c1. The van der Waals surface area contributed by atoms with Gasteiger partial charge >= 0.3 is 0 Å². The van der Waals surface area contributed by atoms with Gasteiger partial charge in [0.2, 0.25) is 5.91 Å². The van der Waals surface area contributed by atoms with Crippen LogP contribution in [0.2, 0.25) is 0 Å². The Balaban J connectivity index is 1.63. The highest BCUT2D eigenvalue weighted by molar-refractivity contribution is 8.15. The van der Waals surface area contributed by atoms with Gasteiger partial charge in [0.25, 0.3) is 0 Å². The van der Waals surface area contributed by atoms with Gasteiger partial charge < -0.3 is 14.5 Å². The predicted octanol–water partition coefficient (Wildman–Crippen LogP) is 3.13. The Bertz CT molecular complexity index is 1130. The van der Waals surface area contributed by atoms with E-state index in [0.717, 1.165) is 22.7 Å². The molecule has 0 unspecified atom stereocenters. The van der Waals surface area contributed by atoms with Crippen LogP contribution in [0.1, 0.15) is 12.5 Å². The fourth-order valence-electron chi connectivity index (χ4n) is 4.02. The lowest BCUT2D eigenvalue weighted by molar-refractivity contribution is -0.117. The van der Waals surface area contributed by atoms with Gasteiger partial charge in [-0.25, -0.2) is 8.42 Å². The first-order chi connectivity index (χ1) is 15.3. The van der Waals surface area contributed by atoms with Gasteiger partial charge in [0.15, 0.2) is 15.0 Å². The molecule has 1 fully saturated rings. The van der Waals surface area contributed by atoms with Crippen LogP contribution in [0.5, 0.6) is 5.75 Å². The number of hydrogen-bond acceptors (Lipinski definition) is 7. The van der Waals surface area contributed by atoms with Crippen molar-refractivity contribution in [1.29, 1.82) is 0 Å². The van der Waals surface area contributed by atoms with Crippen molar-refractivity contribution < 1.29 is 17.9 Å². The molecule has 0 saturated carbocycles. The summed E-state index contributed by atoms with van der Waals surface area (Å²) >= 11 is 1.45. The van der Waals surface area contributed by atoms with Gasteiger partial charge in [0, 0.05) is 23.2 Å². The number of likely N-dealkylation sites (N-methyl/N-ethyl adjacent to an activating group) is 1. The van der Waals surface area contributed by atoms with Crippen molar-refractivity contribution in [2.45, 2.75) is 25.1 Å². The summed E-state index contributed by atoms with van der Waals surface area (Å²) in [6.45, 7) is 4.60. The van der Waals surface area contributed by atoms with Crippen molar-refractivity contribution in [3.8, 4) is 5.75 Å². The van der Waals surface area contributed by atoms with E-state index in [-0.39, 0.29) is 35.2 Å². The number of amidine groups is 1. The van der Waals surface area contributed by atoms with Gasteiger partial charge in [0.1, 0.15) is 12.3 Å². The lowest BCUT2D eigenvalue weighted by Gasteiger charge is -2.28.